The normalized spacial score (nSPS) is 36.5. The Labute approximate surface area is 198 Å². The maximum Gasteiger partial charge on any atom is 0.416 e. The molecule has 2 aliphatic heterocycles. The van der Waals surface area contributed by atoms with Crippen molar-refractivity contribution >= 4 is 11.7 Å². The van der Waals surface area contributed by atoms with E-state index in [0.717, 1.165) is 18.9 Å². The van der Waals surface area contributed by atoms with Crippen LogP contribution < -0.4 is 4.90 Å². The van der Waals surface area contributed by atoms with E-state index in [9.17, 15) is 23.1 Å². The summed E-state index contributed by atoms with van der Waals surface area (Å²) in [5, 5.41) is 11.5. The Morgan fingerprint density at radius 1 is 1.21 bits per heavy atom. The number of alkyl halides is 3. The quantitative estimate of drug-likeness (QED) is 0.524. The van der Waals surface area contributed by atoms with Crippen molar-refractivity contribution in [3.8, 4) is 0 Å². The summed E-state index contributed by atoms with van der Waals surface area (Å²) in [6.07, 6.45) is -0.296. The van der Waals surface area contributed by atoms with Gasteiger partial charge in [-0.2, -0.15) is 13.2 Å². The van der Waals surface area contributed by atoms with Gasteiger partial charge >= 0.3 is 12.1 Å². The summed E-state index contributed by atoms with van der Waals surface area (Å²) in [6, 6.07) is 5.44. The molecule has 5 rings (SSSR count). The van der Waals surface area contributed by atoms with Crippen LogP contribution in [0.4, 0.5) is 18.9 Å². The standard InChI is InChI=1S/C26H33F3N2O3/c1-16-5-3-6-17-14-21-22(23(32)25(16,17)2)20(24(33)34-21)15-30-9-11-31(12-10-30)19-8-4-7-18(13-19)26(27,28)29/h4,6-8,13,16,20-23,32H,3,5,9-12,14-15H2,1-2H3/t16-,20+,21-,22-,23+,25-/m1/s1. The summed E-state index contributed by atoms with van der Waals surface area (Å²) in [5.74, 6) is -0.495. The Bertz CT molecular complexity index is 972. The minimum atomic E-state index is -4.36. The average molecular weight is 479 g/mol. The van der Waals surface area contributed by atoms with Crippen molar-refractivity contribution in [2.24, 2.45) is 23.2 Å². The van der Waals surface area contributed by atoms with E-state index in [1.54, 1.807) is 6.07 Å². The van der Waals surface area contributed by atoms with E-state index in [4.69, 9.17) is 4.74 Å². The number of benzene rings is 1. The summed E-state index contributed by atoms with van der Waals surface area (Å²) in [6.45, 7) is 7.30. The third-order valence-electron chi connectivity index (χ3n) is 8.94. The lowest BCUT2D eigenvalue weighted by Crippen LogP contribution is -2.55. The number of carbonyl (C=O) groups excluding carboxylic acids is 1. The van der Waals surface area contributed by atoms with Gasteiger partial charge in [0.2, 0.25) is 0 Å². The number of aliphatic hydroxyl groups is 1. The molecule has 1 N–H and O–H groups in total. The highest BCUT2D eigenvalue weighted by Gasteiger charge is 2.59. The van der Waals surface area contributed by atoms with Crippen molar-refractivity contribution < 1.29 is 27.8 Å². The Morgan fingerprint density at radius 2 is 1.94 bits per heavy atom. The van der Waals surface area contributed by atoms with Crippen molar-refractivity contribution in [2.45, 2.75) is 51.5 Å². The predicted octanol–water partition coefficient (Wildman–Crippen LogP) is 4.11. The zero-order valence-corrected chi connectivity index (χ0v) is 19.7. The van der Waals surface area contributed by atoms with Crippen LogP contribution in [0.2, 0.25) is 0 Å². The summed E-state index contributed by atoms with van der Waals surface area (Å²) >= 11 is 0. The molecule has 2 saturated heterocycles. The Kier molecular flexibility index (Phi) is 5.96. The van der Waals surface area contributed by atoms with Crippen molar-refractivity contribution in [3.05, 3.63) is 41.5 Å². The van der Waals surface area contributed by atoms with E-state index in [1.807, 2.05) is 4.90 Å². The smallest absolute Gasteiger partial charge is 0.416 e. The first-order valence-corrected chi connectivity index (χ1v) is 12.3. The van der Waals surface area contributed by atoms with Gasteiger partial charge in [0.05, 0.1) is 17.6 Å². The fourth-order valence-electron chi connectivity index (χ4n) is 6.62. The monoisotopic (exact) mass is 478 g/mol. The number of allylic oxidation sites excluding steroid dienone is 1. The lowest BCUT2D eigenvalue weighted by atomic mass is 9.55. The molecule has 0 unspecified atom stereocenters. The Balaban J connectivity index is 1.26. The molecule has 0 spiro atoms. The van der Waals surface area contributed by atoms with Gasteiger partial charge < -0.3 is 14.7 Å². The maximum absolute atomic E-state index is 13.1. The number of hydrogen-bond donors (Lipinski definition) is 1. The highest BCUT2D eigenvalue weighted by molar-refractivity contribution is 5.76. The van der Waals surface area contributed by atoms with Gasteiger partial charge in [-0.3, -0.25) is 9.69 Å². The van der Waals surface area contributed by atoms with Gasteiger partial charge in [0.1, 0.15) is 6.10 Å². The number of fused-ring (bicyclic) bond motifs is 2. The number of anilines is 1. The third kappa shape index (κ3) is 3.92. The van der Waals surface area contributed by atoms with Crippen molar-refractivity contribution in [3.63, 3.8) is 0 Å². The molecule has 4 aliphatic rings. The first-order valence-electron chi connectivity index (χ1n) is 12.3. The number of carbonyl (C=O) groups is 1. The topological polar surface area (TPSA) is 53.0 Å². The van der Waals surface area contributed by atoms with Crippen LogP contribution in [0.3, 0.4) is 0 Å². The van der Waals surface area contributed by atoms with E-state index in [0.29, 0.717) is 50.7 Å². The number of esters is 1. The second-order valence-electron chi connectivity index (χ2n) is 10.6. The SMILES string of the molecule is C[C@@H]1CCC=C2C[C@H]3OC(=O)[C@@H](CN4CCN(c5cccc(C(F)(F)F)c5)CC4)[C@H]3[C@H](O)[C@@]21C. The second-order valence-corrected chi connectivity index (χ2v) is 10.6. The highest BCUT2D eigenvalue weighted by atomic mass is 19.4. The molecular weight excluding hydrogens is 445 g/mol. The summed E-state index contributed by atoms with van der Waals surface area (Å²) in [5.41, 5.74) is 0.824. The van der Waals surface area contributed by atoms with Crippen LogP contribution in [0, 0.1) is 23.2 Å². The molecule has 8 heteroatoms. The van der Waals surface area contributed by atoms with Gasteiger partial charge in [0.25, 0.3) is 0 Å². The van der Waals surface area contributed by atoms with Crippen molar-refractivity contribution in [2.75, 3.05) is 37.6 Å². The fraction of sp³-hybridized carbons (Fsp3) is 0.654. The van der Waals surface area contributed by atoms with Gasteiger partial charge in [-0.1, -0.05) is 31.6 Å². The number of rotatable bonds is 3. The van der Waals surface area contributed by atoms with Crippen LogP contribution in [0.25, 0.3) is 0 Å². The molecule has 34 heavy (non-hydrogen) atoms. The van der Waals surface area contributed by atoms with Crippen LogP contribution in [-0.4, -0.2) is 60.9 Å². The van der Waals surface area contributed by atoms with Crippen LogP contribution in [0.5, 0.6) is 0 Å². The summed E-state index contributed by atoms with van der Waals surface area (Å²) in [7, 11) is 0. The molecule has 1 aromatic carbocycles. The van der Waals surface area contributed by atoms with Crippen LogP contribution in [0.15, 0.2) is 35.9 Å². The average Bonchev–Trinajstić information content (AvgIpc) is 3.11. The van der Waals surface area contributed by atoms with Crippen LogP contribution in [-0.2, 0) is 15.7 Å². The van der Waals surface area contributed by atoms with Gasteiger partial charge in [-0.05, 0) is 37.0 Å². The van der Waals surface area contributed by atoms with Gasteiger partial charge in [0, 0.05) is 56.2 Å². The van der Waals surface area contributed by atoms with E-state index in [-0.39, 0.29) is 29.3 Å². The number of aliphatic hydroxyl groups excluding tert-OH is 1. The zero-order valence-electron chi connectivity index (χ0n) is 19.7. The molecule has 5 nitrogen and oxygen atoms in total. The minimum Gasteiger partial charge on any atom is -0.461 e. The number of hydrogen-bond acceptors (Lipinski definition) is 5. The third-order valence-corrected chi connectivity index (χ3v) is 8.94. The Morgan fingerprint density at radius 3 is 2.65 bits per heavy atom. The molecule has 2 aliphatic carbocycles. The molecule has 3 fully saturated rings. The zero-order chi connectivity index (χ0) is 24.3. The van der Waals surface area contributed by atoms with Gasteiger partial charge in [-0.25, -0.2) is 0 Å². The van der Waals surface area contributed by atoms with Crippen LogP contribution >= 0.6 is 0 Å². The molecular formula is C26H33F3N2O3. The number of halogens is 3. The second kappa shape index (κ2) is 8.55. The largest absolute Gasteiger partial charge is 0.461 e. The first kappa shape index (κ1) is 23.7. The molecule has 0 radical (unpaired) electrons. The number of piperazine rings is 1. The van der Waals surface area contributed by atoms with Gasteiger partial charge in [-0.15, -0.1) is 0 Å². The maximum atomic E-state index is 13.1. The Hall–Kier alpha value is -2.06. The molecule has 0 amide bonds. The predicted molar refractivity (Wildman–Crippen MR) is 122 cm³/mol. The van der Waals surface area contributed by atoms with E-state index < -0.39 is 17.8 Å². The van der Waals surface area contributed by atoms with Crippen molar-refractivity contribution in [1.29, 1.82) is 0 Å². The van der Waals surface area contributed by atoms with Crippen molar-refractivity contribution in [1.82, 2.24) is 4.90 Å². The van der Waals surface area contributed by atoms with Crippen LogP contribution in [0.1, 0.15) is 38.7 Å². The summed E-state index contributed by atoms with van der Waals surface area (Å²) in [4.78, 5) is 17.0. The fourth-order valence-corrected chi connectivity index (χ4v) is 6.62. The number of nitrogens with zero attached hydrogens (tertiary/aromatic N) is 2. The molecule has 1 saturated carbocycles. The minimum absolute atomic E-state index is 0.225. The molecule has 2 heterocycles. The molecule has 0 aromatic heterocycles. The molecule has 186 valence electrons. The highest BCUT2D eigenvalue weighted by Crippen LogP contribution is 2.56. The molecule has 1 aromatic rings. The van der Waals surface area contributed by atoms with E-state index >= 15 is 0 Å². The lowest BCUT2D eigenvalue weighted by molar-refractivity contribution is -0.145. The van der Waals surface area contributed by atoms with Gasteiger partial charge in [0.15, 0.2) is 0 Å². The van der Waals surface area contributed by atoms with E-state index in [1.165, 1.54) is 17.7 Å². The summed E-state index contributed by atoms with van der Waals surface area (Å²) < 4.78 is 45.0. The number of ether oxygens (including phenoxy) is 1. The molecule has 0 bridgehead atoms. The first-order chi connectivity index (χ1) is 16.1. The lowest BCUT2D eigenvalue weighted by Gasteiger charge is -2.52. The van der Waals surface area contributed by atoms with E-state index in [2.05, 4.69) is 24.8 Å². The molecule has 6 atom stereocenters.